The normalized spacial score (nSPS) is 10.1. The van der Waals surface area contributed by atoms with Gasteiger partial charge in [0.15, 0.2) is 0 Å². The van der Waals surface area contributed by atoms with E-state index in [0.29, 0.717) is 6.54 Å². The second-order valence-electron chi connectivity index (χ2n) is 3.16. The number of rotatable bonds is 2. The average Bonchev–Trinajstić information content (AvgIpc) is 2.20. The number of nitrogens with one attached hydrogen (secondary N) is 1. The zero-order valence-electron chi connectivity index (χ0n) is 8.90. The molecule has 0 aliphatic heterocycles. The fraction of sp³-hybridized carbons (Fsp3) is 0.444. The third kappa shape index (κ3) is 1.98. The minimum atomic E-state index is -0.580. The molecule has 0 bridgehead atoms. The first-order valence-corrected chi connectivity index (χ1v) is 4.54. The lowest BCUT2D eigenvalue weighted by Gasteiger charge is -2.05. The highest BCUT2D eigenvalue weighted by atomic mass is 16.2. The quantitative estimate of drug-likeness (QED) is 0.670. The first kappa shape index (κ1) is 11.2. The molecule has 6 nitrogen and oxygen atoms in total. The second kappa shape index (κ2) is 4.12. The minimum Gasteiger partial charge on any atom is -0.352 e. The van der Waals surface area contributed by atoms with Crippen molar-refractivity contribution in [1.82, 2.24) is 14.5 Å². The number of hydrogen-bond donors (Lipinski definition) is 1. The van der Waals surface area contributed by atoms with Crippen molar-refractivity contribution in [1.29, 1.82) is 0 Å². The SMILES string of the molecule is CCNC(=O)c1cn(C)c(=O)n(C)c1=O. The first-order chi connectivity index (χ1) is 6.99. The Kier molecular flexibility index (Phi) is 3.08. The van der Waals surface area contributed by atoms with Crippen LogP contribution in [0.15, 0.2) is 15.8 Å². The van der Waals surface area contributed by atoms with Crippen LogP contribution >= 0.6 is 0 Å². The molecular weight excluding hydrogens is 198 g/mol. The van der Waals surface area contributed by atoms with Crippen LogP contribution in [-0.2, 0) is 14.1 Å². The van der Waals surface area contributed by atoms with Gasteiger partial charge in [0.05, 0.1) is 0 Å². The Morgan fingerprint density at radius 2 is 2.00 bits per heavy atom. The van der Waals surface area contributed by atoms with E-state index in [2.05, 4.69) is 5.32 Å². The molecule has 1 aromatic rings. The maximum Gasteiger partial charge on any atom is 0.330 e. The lowest BCUT2D eigenvalue weighted by molar-refractivity contribution is 0.0952. The maximum absolute atomic E-state index is 11.5. The minimum absolute atomic E-state index is 0.0264. The molecule has 15 heavy (non-hydrogen) atoms. The zero-order chi connectivity index (χ0) is 11.6. The van der Waals surface area contributed by atoms with E-state index in [4.69, 9.17) is 0 Å². The summed E-state index contributed by atoms with van der Waals surface area (Å²) < 4.78 is 2.11. The van der Waals surface area contributed by atoms with Gasteiger partial charge in [0.25, 0.3) is 11.5 Å². The molecule has 0 saturated heterocycles. The fourth-order valence-electron chi connectivity index (χ4n) is 1.22. The topological polar surface area (TPSA) is 73.1 Å². The molecule has 1 aromatic heterocycles. The van der Waals surface area contributed by atoms with Crippen molar-refractivity contribution in [3.63, 3.8) is 0 Å². The summed E-state index contributed by atoms with van der Waals surface area (Å²) in [5, 5.41) is 2.51. The molecule has 0 aromatic carbocycles. The average molecular weight is 211 g/mol. The molecule has 6 heteroatoms. The van der Waals surface area contributed by atoms with Gasteiger partial charge in [0.2, 0.25) is 0 Å². The number of nitrogens with zero attached hydrogens (tertiary/aromatic N) is 2. The van der Waals surface area contributed by atoms with Crippen LogP contribution < -0.4 is 16.6 Å². The molecule has 1 rings (SSSR count). The number of hydrogen-bond acceptors (Lipinski definition) is 3. The highest BCUT2D eigenvalue weighted by Gasteiger charge is 2.13. The number of aryl methyl sites for hydroxylation is 1. The van der Waals surface area contributed by atoms with Crippen LogP contribution in [0, 0.1) is 0 Å². The summed E-state index contributed by atoms with van der Waals surface area (Å²) in [5.41, 5.74) is -1.06. The number of amides is 1. The van der Waals surface area contributed by atoms with Crippen molar-refractivity contribution in [2.24, 2.45) is 14.1 Å². The Hall–Kier alpha value is -1.85. The monoisotopic (exact) mass is 211 g/mol. The van der Waals surface area contributed by atoms with E-state index in [1.54, 1.807) is 6.92 Å². The third-order valence-corrected chi connectivity index (χ3v) is 2.03. The van der Waals surface area contributed by atoms with Crippen molar-refractivity contribution in [3.8, 4) is 0 Å². The van der Waals surface area contributed by atoms with Crippen LogP contribution in [0.25, 0.3) is 0 Å². The van der Waals surface area contributed by atoms with Crippen molar-refractivity contribution in [2.45, 2.75) is 6.92 Å². The molecule has 1 N–H and O–H groups in total. The van der Waals surface area contributed by atoms with Gasteiger partial charge in [0, 0.05) is 26.8 Å². The summed E-state index contributed by atoms with van der Waals surface area (Å²) in [6.45, 7) is 2.19. The van der Waals surface area contributed by atoms with Gasteiger partial charge in [0.1, 0.15) is 5.56 Å². The molecule has 1 amide bonds. The number of carbonyl (C=O) groups excluding carboxylic acids is 1. The Morgan fingerprint density at radius 3 is 2.53 bits per heavy atom. The molecule has 0 aliphatic rings. The second-order valence-corrected chi connectivity index (χ2v) is 3.16. The van der Waals surface area contributed by atoms with Crippen molar-refractivity contribution >= 4 is 5.91 Å². The van der Waals surface area contributed by atoms with Crippen molar-refractivity contribution in [3.05, 3.63) is 32.6 Å². The summed E-state index contributed by atoms with van der Waals surface area (Å²) in [6, 6.07) is 0. The van der Waals surface area contributed by atoms with Crippen LogP contribution in [0.2, 0.25) is 0 Å². The molecule has 0 radical (unpaired) electrons. The van der Waals surface area contributed by atoms with Gasteiger partial charge in [-0.3, -0.25) is 14.2 Å². The van der Waals surface area contributed by atoms with Crippen LogP contribution in [-0.4, -0.2) is 21.6 Å². The van der Waals surface area contributed by atoms with Gasteiger partial charge in [-0.25, -0.2) is 4.79 Å². The van der Waals surface area contributed by atoms with Crippen molar-refractivity contribution < 1.29 is 4.79 Å². The molecule has 0 spiro atoms. The van der Waals surface area contributed by atoms with Crippen LogP contribution in [0.4, 0.5) is 0 Å². The predicted octanol–water partition coefficient (Wildman–Crippen LogP) is -1.17. The van der Waals surface area contributed by atoms with Gasteiger partial charge in [-0.2, -0.15) is 0 Å². The van der Waals surface area contributed by atoms with Gasteiger partial charge in [-0.15, -0.1) is 0 Å². The first-order valence-electron chi connectivity index (χ1n) is 4.54. The van der Waals surface area contributed by atoms with Gasteiger partial charge in [-0.1, -0.05) is 0 Å². The van der Waals surface area contributed by atoms with E-state index in [-0.39, 0.29) is 5.56 Å². The Balaban J connectivity index is 3.39. The highest BCUT2D eigenvalue weighted by Crippen LogP contribution is 1.87. The molecule has 0 atom stereocenters. The molecule has 0 unspecified atom stereocenters. The van der Waals surface area contributed by atoms with Crippen LogP contribution in [0.3, 0.4) is 0 Å². The van der Waals surface area contributed by atoms with E-state index in [0.717, 1.165) is 4.57 Å². The summed E-state index contributed by atoms with van der Waals surface area (Å²) in [6.07, 6.45) is 1.25. The zero-order valence-corrected chi connectivity index (χ0v) is 8.90. The van der Waals surface area contributed by atoms with E-state index in [1.165, 1.54) is 24.9 Å². The lowest BCUT2D eigenvalue weighted by atomic mass is 10.3. The van der Waals surface area contributed by atoms with Crippen LogP contribution in [0.5, 0.6) is 0 Å². The predicted molar refractivity (Wildman–Crippen MR) is 54.9 cm³/mol. The number of aromatic nitrogens is 2. The fourth-order valence-corrected chi connectivity index (χ4v) is 1.22. The van der Waals surface area contributed by atoms with Gasteiger partial charge < -0.3 is 9.88 Å². The summed E-state index contributed by atoms with van der Waals surface area (Å²) in [7, 11) is 2.83. The Morgan fingerprint density at radius 1 is 1.40 bits per heavy atom. The Labute approximate surface area is 86.1 Å². The van der Waals surface area contributed by atoms with E-state index < -0.39 is 17.2 Å². The third-order valence-electron chi connectivity index (χ3n) is 2.03. The summed E-state index contributed by atoms with van der Waals surface area (Å²) >= 11 is 0. The maximum atomic E-state index is 11.5. The van der Waals surface area contributed by atoms with Crippen LogP contribution in [0.1, 0.15) is 17.3 Å². The standard InChI is InChI=1S/C9H13N3O3/c1-4-10-7(13)6-5-11(2)9(15)12(3)8(6)14/h5H,4H2,1-3H3,(H,10,13). The molecule has 0 fully saturated rings. The smallest absolute Gasteiger partial charge is 0.330 e. The molecule has 82 valence electrons. The Bertz CT molecular complexity index is 498. The van der Waals surface area contributed by atoms with E-state index in [9.17, 15) is 14.4 Å². The van der Waals surface area contributed by atoms with Crippen molar-refractivity contribution in [2.75, 3.05) is 6.54 Å². The van der Waals surface area contributed by atoms with E-state index >= 15 is 0 Å². The molecule has 0 saturated carbocycles. The number of carbonyl (C=O) groups is 1. The highest BCUT2D eigenvalue weighted by molar-refractivity contribution is 5.93. The molecular formula is C9H13N3O3. The summed E-state index contributed by atoms with van der Waals surface area (Å²) in [5.74, 6) is -0.464. The molecule has 0 aliphatic carbocycles. The van der Waals surface area contributed by atoms with E-state index in [1.807, 2.05) is 0 Å². The molecule has 1 heterocycles. The van der Waals surface area contributed by atoms with Gasteiger partial charge in [-0.05, 0) is 6.92 Å². The van der Waals surface area contributed by atoms with Gasteiger partial charge >= 0.3 is 5.69 Å². The summed E-state index contributed by atoms with van der Waals surface area (Å²) in [4.78, 5) is 34.3. The lowest BCUT2D eigenvalue weighted by Crippen LogP contribution is -2.41. The largest absolute Gasteiger partial charge is 0.352 e.